The number of anilines is 1. The highest BCUT2D eigenvalue weighted by Crippen LogP contribution is 2.11. The Balaban J connectivity index is 1.47. The van der Waals surface area contributed by atoms with Crippen LogP contribution in [-0.2, 0) is 11.3 Å². The number of Topliss-reactive ketones (excluding diaryl/α,β-unsaturated/α-hetero) is 1. The van der Waals surface area contributed by atoms with E-state index >= 15 is 0 Å². The van der Waals surface area contributed by atoms with Crippen LogP contribution in [0, 0.1) is 0 Å². The number of hydrogen-bond donors (Lipinski definition) is 3. The molecule has 1 aliphatic heterocycles. The number of amides is 1. The SMILES string of the molecule is COc1ccc(C[NH+]2CC[NH+]([C@H](C)C(=O)Nc3ccc(C(C)=O)cc3)CC2)cc1. The Morgan fingerprint density at radius 1 is 1.00 bits per heavy atom. The molecule has 0 aromatic heterocycles. The Labute approximate surface area is 172 Å². The molecule has 29 heavy (non-hydrogen) atoms. The van der Waals surface area contributed by atoms with Crippen LogP contribution in [0.5, 0.6) is 5.75 Å². The third-order valence-corrected chi connectivity index (χ3v) is 5.78. The monoisotopic (exact) mass is 397 g/mol. The van der Waals surface area contributed by atoms with Gasteiger partial charge in [-0.25, -0.2) is 0 Å². The second-order valence-electron chi connectivity index (χ2n) is 7.78. The number of methoxy groups -OCH3 is 1. The topological polar surface area (TPSA) is 64.3 Å². The maximum atomic E-state index is 12.6. The second-order valence-corrected chi connectivity index (χ2v) is 7.78. The molecule has 0 saturated carbocycles. The largest absolute Gasteiger partial charge is 0.497 e. The summed E-state index contributed by atoms with van der Waals surface area (Å²) in [5, 5.41) is 2.98. The molecule has 0 unspecified atom stereocenters. The van der Waals surface area contributed by atoms with E-state index in [4.69, 9.17) is 4.74 Å². The second kappa shape index (κ2) is 9.67. The first-order chi connectivity index (χ1) is 14.0. The lowest BCUT2D eigenvalue weighted by Crippen LogP contribution is -3.29. The molecule has 1 atom stereocenters. The Kier molecular flexibility index (Phi) is 7.01. The van der Waals surface area contributed by atoms with Crippen molar-refractivity contribution in [2.24, 2.45) is 0 Å². The molecule has 2 aromatic rings. The molecule has 1 fully saturated rings. The number of rotatable bonds is 7. The maximum Gasteiger partial charge on any atom is 0.282 e. The van der Waals surface area contributed by atoms with Gasteiger partial charge in [-0.3, -0.25) is 9.59 Å². The first-order valence-corrected chi connectivity index (χ1v) is 10.2. The molecule has 0 spiro atoms. The van der Waals surface area contributed by atoms with Crippen LogP contribution in [0.4, 0.5) is 5.69 Å². The van der Waals surface area contributed by atoms with Gasteiger partial charge in [0.1, 0.15) is 38.5 Å². The summed E-state index contributed by atoms with van der Waals surface area (Å²) >= 11 is 0. The van der Waals surface area contributed by atoms with Gasteiger partial charge in [-0.15, -0.1) is 0 Å². The summed E-state index contributed by atoms with van der Waals surface area (Å²) in [5.74, 6) is 0.929. The van der Waals surface area contributed by atoms with E-state index in [2.05, 4.69) is 17.4 Å². The third-order valence-electron chi connectivity index (χ3n) is 5.78. The van der Waals surface area contributed by atoms with E-state index in [1.165, 1.54) is 17.4 Å². The summed E-state index contributed by atoms with van der Waals surface area (Å²) in [6, 6.07) is 15.2. The zero-order valence-corrected chi connectivity index (χ0v) is 17.5. The molecule has 0 bridgehead atoms. The Morgan fingerprint density at radius 2 is 1.62 bits per heavy atom. The van der Waals surface area contributed by atoms with Gasteiger partial charge >= 0.3 is 0 Å². The standard InChI is InChI=1S/C23H29N3O3/c1-17(23(28)24-21-8-6-20(7-9-21)18(2)27)26-14-12-25(13-15-26)16-19-4-10-22(29-3)11-5-19/h4-11,17H,12-16H2,1-3H3,(H,24,28)/p+2/t17-/m1/s1. The highest BCUT2D eigenvalue weighted by Gasteiger charge is 2.31. The Morgan fingerprint density at radius 3 is 2.17 bits per heavy atom. The van der Waals surface area contributed by atoms with Gasteiger partial charge in [0.15, 0.2) is 11.8 Å². The van der Waals surface area contributed by atoms with Crippen molar-refractivity contribution in [3.63, 3.8) is 0 Å². The summed E-state index contributed by atoms with van der Waals surface area (Å²) in [4.78, 5) is 26.9. The highest BCUT2D eigenvalue weighted by molar-refractivity contribution is 5.96. The first kappa shape index (κ1) is 21.0. The molecule has 6 heteroatoms. The van der Waals surface area contributed by atoms with Crippen LogP contribution in [0.15, 0.2) is 48.5 Å². The van der Waals surface area contributed by atoms with Crippen molar-refractivity contribution in [2.75, 3.05) is 38.6 Å². The predicted octanol–water partition coefficient (Wildman–Crippen LogP) is 0.208. The molecule has 154 valence electrons. The van der Waals surface area contributed by atoms with Crippen LogP contribution in [-0.4, -0.2) is 51.0 Å². The lowest BCUT2D eigenvalue weighted by atomic mass is 10.1. The molecular weight excluding hydrogens is 366 g/mol. The molecule has 3 rings (SSSR count). The average Bonchev–Trinajstić information content (AvgIpc) is 2.74. The third kappa shape index (κ3) is 5.65. The normalized spacial score (nSPS) is 20.0. The van der Waals surface area contributed by atoms with Crippen molar-refractivity contribution in [1.29, 1.82) is 0 Å². The average molecular weight is 398 g/mol. The van der Waals surface area contributed by atoms with Crippen molar-refractivity contribution >= 4 is 17.4 Å². The van der Waals surface area contributed by atoms with Crippen LogP contribution in [0.2, 0.25) is 0 Å². The minimum Gasteiger partial charge on any atom is -0.497 e. The van der Waals surface area contributed by atoms with E-state index in [1.807, 2.05) is 19.1 Å². The summed E-state index contributed by atoms with van der Waals surface area (Å²) in [6.45, 7) is 8.57. The van der Waals surface area contributed by atoms with E-state index in [1.54, 1.807) is 36.3 Å². The van der Waals surface area contributed by atoms with E-state index in [9.17, 15) is 9.59 Å². The number of benzene rings is 2. The van der Waals surface area contributed by atoms with Crippen LogP contribution in [0.3, 0.4) is 0 Å². The Bertz CT molecular complexity index is 825. The van der Waals surface area contributed by atoms with Crippen molar-refractivity contribution < 1.29 is 24.1 Å². The van der Waals surface area contributed by atoms with Crippen molar-refractivity contribution in [3.05, 3.63) is 59.7 Å². The fourth-order valence-electron chi connectivity index (χ4n) is 3.79. The number of nitrogens with one attached hydrogen (secondary N) is 3. The first-order valence-electron chi connectivity index (χ1n) is 10.2. The number of ether oxygens (including phenoxy) is 1. The molecule has 2 aromatic carbocycles. The van der Waals surface area contributed by atoms with Gasteiger partial charge in [0, 0.05) is 16.8 Å². The van der Waals surface area contributed by atoms with Gasteiger partial charge in [-0.2, -0.15) is 0 Å². The van der Waals surface area contributed by atoms with Crippen LogP contribution >= 0.6 is 0 Å². The number of ketones is 1. The molecule has 3 N–H and O–H groups in total. The number of piperazine rings is 1. The van der Waals surface area contributed by atoms with E-state index in [0.29, 0.717) is 5.56 Å². The molecule has 1 amide bonds. The van der Waals surface area contributed by atoms with Crippen molar-refractivity contribution in [3.8, 4) is 5.75 Å². The van der Waals surface area contributed by atoms with Crippen LogP contribution in [0.1, 0.15) is 29.8 Å². The van der Waals surface area contributed by atoms with Gasteiger partial charge in [0.25, 0.3) is 5.91 Å². The minimum atomic E-state index is -0.106. The number of carbonyl (C=O) groups is 2. The molecule has 0 radical (unpaired) electrons. The number of hydrogen-bond acceptors (Lipinski definition) is 3. The summed E-state index contributed by atoms with van der Waals surface area (Å²) < 4.78 is 5.22. The number of carbonyl (C=O) groups excluding carboxylic acids is 2. The zero-order chi connectivity index (χ0) is 20.8. The number of quaternary nitrogens is 2. The lowest BCUT2D eigenvalue weighted by molar-refractivity contribution is -1.02. The van der Waals surface area contributed by atoms with Crippen molar-refractivity contribution in [2.45, 2.75) is 26.4 Å². The fraction of sp³-hybridized carbons (Fsp3) is 0.391. The van der Waals surface area contributed by atoms with Crippen LogP contribution < -0.4 is 19.9 Å². The van der Waals surface area contributed by atoms with Gasteiger partial charge in [0.2, 0.25) is 0 Å². The lowest BCUT2D eigenvalue weighted by Gasteiger charge is -2.32. The molecule has 6 nitrogen and oxygen atoms in total. The smallest absolute Gasteiger partial charge is 0.282 e. The van der Waals surface area contributed by atoms with Crippen LogP contribution in [0.25, 0.3) is 0 Å². The highest BCUT2D eigenvalue weighted by atomic mass is 16.5. The molecule has 1 saturated heterocycles. The molecule has 1 heterocycles. The van der Waals surface area contributed by atoms with E-state index in [0.717, 1.165) is 44.2 Å². The molecule has 0 aliphatic carbocycles. The predicted molar refractivity (Wildman–Crippen MR) is 113 cm³/mol. The summed E-state index contributed by atoms with van der Waals surface area (Å²) in [7, 11) is 1.68. The molecular formula is C23H31N3O3+2. The Hall–Kier alpha value is -2.70. The summed E-state index contributed by atoms with van der Waals surface area (Å²) in [6.07, 6.45) is 0. The van der Waals surface area contributed by atoms with Gasteiger partial charge in [-0.1, -0.05) is 0 Å². The minimum absolute atomic E-state index is 0.0224. The van der Waals surface area contributed by atoms with E-state index < -0.39 is 0 Å². The zero-order valence-electron chi connectivity index (χ0n) is 17.5. The van der Waals surface area contributed by atoms with Crippen molar-refractivity contribution in [1.82, 2.24) is 0 Å². The summed E-state index contributed by atoms with van der Waals surface area (Å²) in [5.41, 5.74) is 2.69. The quantitative estimate of drug-likeness (QED) is 0.586. The van der Waals surface area contributed by atoms with E-state index in [-0.39, 0.29) is 17.7 Å². The maximum absolute atomic E-state index is 12.6. The van der Waals surface area contributed by atoms with Gasteiger partial charge in [0.05, 0.1) is 7.11 Å². The van der Waals surface area contributed by atoms with Gasteiger partial charge < -0.3 is 19.9 Å². The molecule has 1 aliphatic rings. The van der Waals surface area contributed by atoms with Gasteiger partial charge in [-0.05, 0) is 62.4 Å². The fourth-order valence-corrected chi connectivity index (χ4v) is 3.79.